The Kier molecular flexibility index (Phi) is 6.94. The van der Waals surface area contributed by atoms with Crippen LogP contribution in [0, 0.1) is 5.92 Å². The first-order valence-corrected chi connectivity index (χ1v) is 12.9. The fourth-order valence-corrected chi connectivity index (χ4v) is 5.66. The zero-order valence-corrected chi connectivity index (χ0v) is 20.1. The number of thiazole rings is 1. The first-order valence-electron chi connectivity index (χ1n) is 12.1. The Morgan fingerprint density at radius 2 is 1.79 bits per heavy atom. The Morgan fingerprint density at radius 3 is 2.56 bits per heavy atom. The fraction of sp³-hybridized carbons (Fsp3) is 0.423. The van der Waals surface area contributed by atoms with Crippen molar-refractivity contribution in [1.82, 2.24) is 9.88 Å². The fourth-order valence-electron chi connectivity index (χ4n) is 4.60. The maximum absolute atomic E-state index is 12.9. The molecule has 0 spiro atoms. The number of para-hydroxylation sites is 1. The number of hydrogen-bond acceptors (Lipinski definition) is 6. The molecule has 0 radical (unpaired) electrons. The lowest BCUT2D eigenvalue weighted by Gasteiger charge is -2.31. The average molecular weight is 479 g/mol. The summed E-state index contributed by atoms with van der Waals surface area (Å²) in [6, 6.07) is 15.5. The van der Waals surface area contributed by atoms with E-state index in [0.717, 1.165) is 39.9 Å². The molecule has 3 heterocycles. The Labute approximate surface area is 203 Å². The van der Waals surface area contributed by atoms with Gasteiger partial charge in [-0.2, -0.15) is 0 Å². The third-order valence-corrected chi connectivity index (χ3v) is 7.65. The molecule has 2 amide bonds. The van der Waals surface area contributed by atoms with Gasteiger partial charge in [-0.05, 0) is 56.0 Å². The van der Waals surface area contributed by atoms with Crippen molar-refractivity contribution in [2.75, 3.05) is 43.0 Å². The lowest BCUT2D eigenvalue weighted by atomic mass is 9.95. The van der Waals surface area contributed by atoms with E-state index in [2.05, 4.69) is 10.2 Å². The molecule has 2 aliphatic rings. The summed E-state index contributed by atoms with van der Waals surface area (Å²) in [7, 11) is 0. The Hall–Kier alpha value is -3.13. The highest BCUT2D eigenvalue weighted by atomic mass is 32.1. The summed E-state index contributed by atoms with van der Waals surface area (Å²) < 4.78 is 6.73. The van der Waals surface area contributed by atoms with Crippen LogP contribution in [0.4, 0.5) is 10.8 Å². The largest absolute Gasteiger partial charge is 0.493 e. The van der Waals surface area contributed by atoms with E-state index in [0.29, 0.717) is 39.0 Å². The van der Waals surface area contributed by atoms with Crippen LogP contribution in [0.3, 0.4) is 0 Å². The van der Waals surface area contributed by atoms with Gasteiger partial charge in [-0.25, -0.2) is 4.98 Å². The van der Waals surface area contributed by atoms with E-state index in [1.807, 2.05) is 53.4 Å². The summed E-state index contributed by atoms with van der Waals surface area (Å²) in [5, 5.41) is 4.15. The number of amides is 2. The van der Waals surface area contributed by atoms with E-state index in [4.69, 9.17) is 9.72 Å². The third kappa shape index (κ3) is 5.33. The smallest absolute Gasteiger partial charge is 0.227 e. The molecular weight excluding hydrogens is 448 g/mol. The number of rotatable bonds is 7. The second-order valence-electron chi connectivity index (χ2n) is 8.93. The van der Waals surface area contributed by atoms with E-state index in [1.165, 1.54) is 12.8 Å². The monoisotopic (exact) mass is 478 g/mol. The minimum atomic E-state index is -0.0815. The van der Waals surface area contributed by atoms with Crippen molar-refractivity contribution in [2.24, 2.45) is 5.92 Å². The van der Waals surface area contributed by atoms with Crippen LogP contribution >= 0.6 is 11.3 Å². The lowest BCUT2D eigenvalue weighted by Crippen LogP contribution is -2.41. The van der Waals surface area contributed by atoms with Crippen LogP contribution in [-0.4, -0.2) is 54.5 Å². The Bertz CT molecular complexity index is 1140. The highest BCUT2D eigenvalue weighted by molar-refractivity contribution is 7.22. The second-order valence-corrected chi connectivity index (χ2v) is 9.94. The highest BCUT2D eigenvalue weighted by Gasteiger charge is 2.27. The third-order valence-electron chi connectivity index (χ3n) is 6.57. The number of piperidine rings is 1. The quantitative estimate of drug-likeness (QED) is 0.540. The summed E-state index contributed by atoms with van der Waals surface area (Å²) in [6.45, 7) is 3.72. The number of anilines is 2. The SMILES string of the molecule is O=C(Nc1ccc2nc(N3CCCC3)sc2c1)C1CCN(C(=O)CCOc2ccccc2)CC1. The molecule has 178 valence electrons. The molecule has 0 unspecified atom stereocenters. The van der Waals surface area contributed by atoms with Gasteiger partial charge < -0.3 is 19.9 Å². The van der Waals surface area contributed by atoms with Gasteiger partial charge in [0.1, 0.15) is 5.75 Å². The van der Waals surface area contributed by atoms with Crippen LogP contribution in [-0.2, 0) is 9.59 Å². The van der Waals surface area contributed by atoms with E-state index in [1.54, 1.807) is 11.3 Å². The van der Waals surface area contributed by atoms with Crippen LogP contribution < -0.4 is 15.0 Å². The molecule has 0 atom stereocenters. The summed E-state index contributed by atoms with van der Waals surface area (Å²) in [6.07, 6.45) is 4.16. The zero-order valence-electron chi connectivity index (χ0n) is 19.2. The Balaban J connectivity index is 1.09. The first kappa shape index (κ1) is 22.7. The van der Waals surface area contributed by atoms with Gasteiger partial charge in [-0.1, -0.05) is 29.5 Å². The molecule has 1 aromatic heterocycles. The highest BCUT2D eigenvalue weighted by Crippen LogP contribution is 2.32. The molecule has 2 aromatic carbocycles. The van der Waals surface area contributed by atoms with Crippen molar-refractivity contribution in [2.45, 2.75) is 32.1 Å². The van der Waals surface area contributed by atoms with Crippen LogP contribution in [0.2, 0.25) is 0 Å². The van der Waals surface area contributed by atoms with Crippen molar-refractivity contribution in [3.05, 3.63) is 48.5 Å². The number of benzene rings is 2. The van der Waals surface area contributed by atoms with E-state index in [9.17, 15) is 9.59 Å². The van der Waals surface area contributed by atoms with Gasteiger partial charge >= 0.3 is 0 Å². The number of carbonyl (C=O) groups is 2. The standard InChI is InChI=1S/C26H30N4O3S/c31-24(12-17-33-21-6-2-1-3-7-21)29-15-10-19(11-16-29)25(32)27-20-8-9-22-23(18-20)34-26(28-22)30-13-4-5-14-30/h1-3,6-9,18-19H,4-5,10-17H2,(H,27,32). The van der Waals surface area contributed by atoms with Gasteiger partial charge in [-0.3, -0.25) is 9.59 Å². The topological polar surface area (TPSA) is 74.8 Å². The molecule has 2 aliphatic heterocycles. The van der Waals surface area contributed by atoms with Gasteiger partial charge in [-0.15, -0.1) is 0 Å². The number of nitrogens with zero attached hydrogens (tertiary/aromatic N) is 3. The first-order chi connectivity index (χ1) is 16.7. The van der Waals surface area contributed by atoms with Crippen molar-refractivity contribution < 1.29 is 14.3 Å². The van der Waals surface area contributed by atoms with Crippen LogP contribution in [0.1, 0.15) is 32.1 Å². The number of aromatic nitrogens is 1. The number of likely N-dealkylation sites (tertiary alicyclic amines) is 1. The lowest BCUT2D eigenvalue weighted by molar-refractivity contribution is -0.135. The molecule has 34 heavy (non-hydrogen) atoms. The number of fused-ring (bicyclic) bond motifs is 1. The van der Waals surface area contributed by atoms with Gasteiger partial charge in [0.2, 0.25) is 11.8 Å². The van der Waals surface area contributed by atoms with Gasteiger partial charge in [0, 0.05) is 37.8 Å². The molecule has 3 aromatic rings. The van der Waals surface area contributed by atoms with Crippen molar-refractivity contribution >= 4 is 44.2 Å². The van der Waals surface area contributed by atoms with Crippen molar-refractivity contribution in [1.29, 1.82) is 0 Å². The van der Waals surface area contributed by atoms with Crippen LogP contribution in [0.5, 0.6) is 5.75 Å². The Morgan fingerprint density at radius 1 is 1.03 bits per heavy atom. The number of ether oxygens (including phenoxy) is 1. The van der Waals surface area contributed by atoms with E-state index >= 15 is 0 Å². The summed E-state index contributed by atoms with van der Waals surface area (Å²) in [5.41, 5.74) is 1.79. The molecular formula is C26H30N4O3S. The molecule has 7 nitrogen and oxygen atoms in total. The van der Waals surface area contributed by atoms with Gasteiger partial charge in [0.25, 0.3) is 0 Å². The van der Waals surface area contributed by atoms with Crippen molar-refractivity contribution in [3.63, 3.8) is 0 Å². The molecule has 1 N–H and O–H groups in total. The normalized spacial score (nSPS) is 16.7. The molecule has 2 fully saturated rings. The molecule has 0 aliphatic carbocycles. The minimum Gasteiger partial charge on any atom is -0.493 e. The summed E-state index contributed by atoms with van der Waals surface area (Å²) in [4.78, 5) is 34.3. The van der Waals surface area contributed by atoms with E-state index in [-0.39, 0.29) is 17.7 Å². The predicted octanol–water partition coefficient (Wildman–Crippen LogP) is 4.54. The number of nitrogens with one attached hydrogen (secondary N) is 1. The number of carbonyl (C=O) groups excluding carboxylic acids is 2. The maximum Gasteiger partial charge on any atom is 0.227 e. The molecule has 2 saturated heterocycles. The molecule has 0 bridgehead atoms. The molecule has 8 heteroatoms. The zero-order chi connectivity index (χ0) is 23.3. The summed E-state index contributed by atoms with van der Waals surface area (Å²) >= 11 is 1.69. The average Bonchev–Trinajstić information content (AvgIpc) is 3.54. The molecule has 0 saturated carbocycles. The number of hydrogen-bond donors (Lipinski definition) is 1. The van der Waals surface area contributed by atoms with Crippen LogP contribution in [0.15, 0.2) is 48.5 Å². The van der Waals surface area contributed by atoms with Gasteiger partial charge in [0.15, 0.2) is 5.13 Å². The van der Waals surface area contributed by atoms with E-state index < -0.39 is 0 Å². The van der Waals surface area contributed by atoms with Gasteiger partial charge in [0.05, 0.1) is 23.2 Å². The van der Waals surface area contributed by atoms with Crippen LogP contribution in [0.25, 0.3) is 10.2 Å². The van der Waals surface area contributed by atoms with Crippen molar-refractivity contribution in [3.8, 4) is 5.75 Å². The minimum absolute atomic E-state index is 0.0307. The predicted molar refractivity (Wildman–Crippen MR) is 136 cm³/mol. The second kappa shape index (κ2) is 10.4. The summed E-state index contributed by atoms with van der Waals surface area (Å²) in [5.74, 6) is 0.804. The molecule has 5 rings (SSSR count). The maximum atomic E-state index is 12.9.